The molecule has 6 heteroatoms. The fourth-order valence-electron chi connectivity index (χ4n) is 2.83. The number of hydrogen-bond acceptors (Lipinski definition) is 5. The van der Waals surface area contributed by atoms with E-state index in [4.69, 9.17) is 4.98 Å². The first kappa shape index (κ1) is 16.1. The average Bonchev–Trinajstić information content (AvgIpc) is 2.69. The van der Waals surface area contributed by atoms with Gasteiger partial charge in [0.15, 0.2) is 0 Å². The zero-order chi connectivity index (χ0) is 17.8. The topological polar surface area (TPSA) is 63.6 Å². The van der Waals surface area contributed by atoms with Crippen LogP contribution in [0.1, 0.15) is 5.69 Å². The first-order chi connectivity index (χ1) is 12.8. The van der Waals surface area contributed by atoms with Gasteiger partial charge in [0, 0.05) is 36.3 Å². The van der Waals surface area contributed by atoms with Gasteiger partial charge in [-0.3, -0.25) is 9.97 Å². The maximum atomic E-state index is 13.6. The first-order valence-electron chi connectivity index (χ1n) is 8.30. The van der Waals surface area contributed by atoms with Gasteiger partial charge in [-0.05, 0) is 42.5 Å². The summed E-state index contributed by atoms with van der Waals surface area (Å²) in [6, 6.07) is 14.1. The molecule has 0 aliphatic carbocycles. The Kier molecular flexibility index (Phi) is 4.47. The Hall–Kier alpha value is -3.41. The molecule has 0 saturated carbocycles. The lowest BCUT2D eigenvalue weighted by Crippen LogP contribution is -2.08. The van der Waals surface area contributed by atoms with E-state index in [1.807, 2.05) is 30.3 Å². The summed E-state index contributed by atoms with van der Waals surface area (Å²) in [6.07, 6.45) is 5.62. The van der Waals surface area contributed by atoms with Crippen LogP contribution in [0, 0.1) is 5.82 Å². The van der Waals surface area contributed by atoms with Gasteiger partial charge in [-0.25, -0.2) is 14.4 Å². The van der Waals surface area contributed by atoms with Crippen LogP contribution in [0.5, 0.6) is 0 Å². The summed E-state index contributed by atoms with van der Waals surface area (Å²) in [5, 5.41) is 4.02. The third kappa shape index (κ3) is 3.49. The normalized spacial score (nSPS) is 10.8. The van der Waals surface area contributed by atoms with Gasteiger partial charge >= 0.3 is 0 Å². The highest BCUT2D eigenvalue weighted by molar-refractivity contribution is 5.84. The zero-order valence-electron chi connectivity index (χ0n) is 13.9. The Bertz CT molecular complexity index is 1020. The Morgan fingerprint density at radius 3 is 2.73 bits per heavy atom. The highest BCUT2D eigenvalue weighted by Gasteiger charge is 2.11. The maximum absolute atomic E-state index is 13.6. The molecule has 0 saturated heterocycles. The Morgan fingerprint density at radius 2 is 1.92 bits per heavy atom. The summed E-state index contributed by atoms with van der Waals surface area (Å²) < 4.78 is 13.6. The molecule has 3 aromatic heterocycles. The Balaban J connectivity index is 1.68. The lowest BCUT2D eigenvalue weighted by atomic mass is 10.0. The van der Waals surface area contributed by atoms with Gasteiger partial charge in [0.2, 0.25) is 0 Å². The molecule has 128 valence electrons. The number of fused-ring (bicyclic) bond motifs is 1. The largest absolute Gasteiger partial charge is 0.370 e. The highest BCUT2D eigenvalue weighted by Crippen LogP contribution is 2.26. The molecule has 0 aliphatic rings. The molecular weight excluding hydrogens is 329 g/mol. The van der Waals surface area contributed by atoms with E-state index in [1.54, 1.807) is 18.5 Å². The third-order valence-corrected chi connectivity index (χ3v) is 4.05. The van der Waals surface area contributed by atoms with Gasteiger partial charge in [0.05, 0.1) is 16.9 Å². The van der Waals surface area contributed by atoms with Crippen molar-refractivity contribution >= 4 is 16.7 Å². The SMILES string of the molecule is Fc1ccc2nc(CCNc3ccncn3)c(-c3ccccn3)cc2c1. The van der Waals surface area contributed by atoms with Crippen LogP contribution in [0.25, 0.3) is 22.2 Å². The molecule has 0 bridgehead atoms. The maximum Gasteiger partial charge on any atom is 0.129 e. The molecule has 3 heterocycles. The average molecular weight is 345 g/mol. The minimum Gasteiger partial charge on any atom is -0.370 e. The predicted molar refractivity (Wildman–Crippen MR) is 99.2 cm³/mol. The second kappa shape index (κ2) is 7.23. The summed E-state index contributed by atoms with van der Waals surface area (Å²) >= 11 is 0. The molecule has 26 heavy (non-hydrogen) atoms. The molecule has 0 amide bonds. The van der Waals surface area contributed by atoms with Gasteiger partial charge in [0.1, 0.15) is 18.0 Å². The van der Waals surface area contributed by atoms with E-state index in [9.17, 15) is 4.39 Å². The fraction of sp³-hybridized carbons (Fsp3) is 0.100. The van der Waals surface area contributed by atoms with Crippen LogP contribution in [0.15, 0.2) is 67.3 Å². The van der Waals surface area contributed by atoms with Crippen molar-refractivity contribution in [3.05, 3.63) is 78.8 Å². The fourth-order valence-corrected chi connectivity index (χ4v) is 2.83. The summed E-state index contributed by atoms with van der Waals surface area (Å²) in [7, 11) is 0. The molecule has 1 aromatic carbocycles. The second-order valence-corrected chi connectivity index (χ2v) is 5.81. The molecule has 5 nitrogen and oxygen atoms in total. The van der Waals surface area contributed by atoms with Crippen molar-refractivity contribution in [1.82, 2.24) is 19.9 Å². The van der Waals surface area contributed by atoms with E-state index in [0.717, 1.165) is 33.7 Å². The van der Waals surface area contributed by atoms with Gasteiger partial charge in [-0.2, -0.15) is 0 Å². The van der Waals surface area contributed by atoms with Crippen molar-refractivity contribution in [2.24, 2.45) is 0 Å². The third-order valence-electron chi connectivity index (χ3n) is 4.05. The van der Waals surface area contributed by atoms with Crippen molar-refractivity contribution in [2.45, 2.75) is 6.42 Å². The van der Waals surface area contributed by atoms with Crippen molar-refractivity contribution in [3.63, 3.8) is 0 Å². The molecule has 0 fully saturated rings. The smallest absolute Gasteiger partial charge is 0.129 e. The van der Waals surface area contributed by atoms with Crippen LogP contribution >= 0.6 is 0 Å². The number of aromatic nitrogens is 4. The molecule has 0 radical (unpaired) electrons. The Labute approximate surface area is 150 Å². The molecule has 0 atom stereocenters. The molecule has 4 rings (SSSR count). The standard InChI is InChI=1S/C20H16FN5/c21-15-4-5-17-14(11-15)12-16(18-3-1-2-8-23-18)19(26-17)6-10-24-20-7-9-22-13-25-20/h1-5,7-9,11-13H,6,10H2,(H,22,24,25). The number of nitrogens with zero attached hydrogens (tertiary/aromatic N) is 4. The number of hydrogen-bond donors (Lipinski definition) is 1. The van der Waals surface area contributed by atoms with Crippen LogP contribution in [0.4, 0.5) is 10.2 Å². The van der Waals surface area contributed by atoms with E-state index >= 15 is 0 Å². The number of benzene rings is 1. The molecule has 0 unspecified atom stereocenters. The number of pyridine rings is 2. The van der Waals surface area contributed by atoms with Gasteiger partial charge in [-0.1, -0.05) is 6.07 Å². The van der Waals surface area contributed by atoms with Crippen LogP contribution in [-0.4, -0.2) is 26.5 Å². The van der Waals surface area contributed by atoms with Crippen LogP contribution in [0.3, 0.4) is 0 Å². The number of rotatable bonds is 5. The predicted octanol–water partition coefficient (Wildman–Crippen LogP) is 3.88. The molecular formula is C20H16FN5. The lowest BCUT2D eigenvalue weighted by Gasteiger charge is -2.11. The van der Waals surface area contributed by atoms with E-state index in [1.165, 1.54) is 18.5 Å². The minimum atomic E-state index is -0.274. The van der Waals surface area contributed by atoms with Crippen molar-refractivity contribution in [2.75, 3.05) is 11.9 Å². The highest BCUT2D eigenvalue weighted by atomic mass is 19.1. The van der Waals surface area contributed by atoms with Crippen LogP contribution in [0.2, 0.25) is 0 Å². The van der Waals surface area contributed by atoms with Gasteiger partial charge in [-0.15, -0.1) is 0 Å². The van der Waals surface area contributed by atoms with Gasteiger partial charge < -0.3 is 5.32 Å². The number of anilines is 1. The summed E-state index contributed by atoms with van der Waals surface area (Å²) in [6.45, 7) is 0.663. The first-order valence-corrected chi connectivity index (χ1v) is 8.30. The molecule has 0 aliphatic heterocycles. The second-order valence-electron chi connectivity index (χ2n) is 5.81. The summed E-state index contributed by atoms with van der Waals surface area (Å²) in [5.74, 6) is 0.492. The Morgan fingerprint density at radius 1 is 0.962 bits per heavy atom. The van der Waals surface area contributed by atoms with Crippen molar-refractivity contribution in [1.29, 1.82) is 0 Å². The number of nitrogens with one attached hydrogen (secondary N) is 1. The monoisotopic (exact) mass is 345 g/mol. The summed E-state index contributed by atoms with van der Waals surface area (Å²) in [4.78, 5) is 17.2. The zero-order valence-corrected chi connectivity index (χ0v) is 13.9. The summed E-state index contributed by atoms with van der Waals surface area (Å²) in [5.41, 5.74) is 3.41. The van der Waals surface area contributed by atoms with Gasteiger partial charge in [0.25, 0.3) is 0 Å². The van der Waals surface area contributed by atoms with E-state index in [0.29, 0.717) is 13.0 Å². The van der Waals surface area contributed by atoms with Crippen LogP contribution in [-0.2, 0) is 6.42 Å². The van der Waals surface area contributed by atoms with Crippen molar-refractivity contribution < 1.29 is 4.39 Å². The van der Waals surface area contributed by atoms with Crippen molar-refractivity contribution in [3.8, 4) is 11.3 Å². The van der Waals surface area contributed by atoms with E-state index < -0.39 is 0 Å². The van der Waals surface area contributed by atoms with E-state index in [2.05, 4.69) is 20.3 Å². The number of halogens is 1. The minimum absolute atomic E-state index is 0.274. The quantitative estimate of drug-likeness (QED) is 0.595. The van der Waals surface area contributed by atoms with E-state index in [-0.39, 0.29) is 5.82 Å². The van der Waals surface area contributed by atoms with Crippen LogP contribution < -0.4 is 5.32 Å². The molecule has 1 N–H and O–H groups in total. The lowest BCUT2D eigenvalue weighted by molar-refractivity contribution is 0.629. The molecule has 4 aromatic rings. The molecule has 0 spiro atoms.